The largest absolute Gasteiger partial charge is 0.380 e. The minimum absolute atomic E-state index is 0.402. The molecule has 0 atom stereocenters. The molecule has 0 fully saturated rings. The molecular weight excluding hydrogens is 194 g/mol. The fourth-order valence-electron chi connectivity index (χ4n) is 1.08. The smallest absolute Gasteiger partial charge is 0.239 e. The van der Waals surface area contributed by atoms with Crippen molar-refractivity contribution in [1.82, 2.24) is 9.97 Å². The molecule has 0 aromatic carbocycles. The van der Waals surface area contributed by atoms with E-state index in [9.17, 15) is 0 Å². The molecule has 15 heavy (non-hydrogen) atoms. The van der Waals surface area contributed by atoms with Crippen LogP contribution in [0.4, 0.5) is 11.8 Å². The molecule has 0 radical (unpaired) electrons. The van der Waals surface area contributed by atoms with Gasteiger partial charge in [0.2, 0.25) is 5.95 Å². The summed E-state index contributed by atoms with van der Waals surface area (Å²) in [5, 5.41) is 3.15. The van der Waals surface area contributed by atoms with Crippen molar-refractivity contribution in [3.63, 3.8) is 0 Å². The van der Waals surface area contributed by atoms with Crippen LogP contribution in [-0.4, -0.2) is 29.7 Å². The predicted octanol–water partition coefficient (Wildman–Crippen LogP) is 0.519. The summed E-state index contributed by atoms with van der Waals surface area (Å²) in [6.45, 7) is 6.00. The summed E-state index contributed by atoms with van der Waals surface area (Å²) in [6.07, 6.45) is 1.71. The average Bonchev–Trinajstić information content (AvgIpc) is 2.26. The van der Waals surface area contributed by atoms with Gasteiger partial charge in [0.25, 0.3) is 0 Å². The van der Waals surface area contributed by atoms with Gasteiger partial charge in [-0.1, -0.05) is 0 Å². The summed E-state index contributed by atoms with van der Waals surface area (Å²) in [7, 11) is 0. The number of aromatic nitrogens is 2. The van der Waals surface area contributed by atoms with Gasteiger partial charge in [-0.2, -0.15) is 4.98 Å². The second-order valence-corrected chi connectivity index (χ2v) is 2.99. The maximum absolute atomic E-state index is 5.22. The van der Waals surface area contributed by atoms with Crippen molar-refractivity contribution in [2.24, 2.45) is 5.84 Å². The lowest BCUT2D eigenvalue weighted by Gasteiger charge is -2.09. The number of nitrogens with one attached hydrogen (secondary N) is 2. The first-order chi connectivity index (χ1) is 7.27. The van der Waals surface area contributed by atoms with Gasteiger partial charge >= 0.3 is 0 Å². The molecule has 0 saturated carbocycles. The van der Waals surface area contributed by atoms with Crippen LogP contribution in [0.15, 0.2) is 6.20 Å². The minimum Gasteiger partial charge on any atom is -0.380 e. The molecule has 0 saturated heterocycles. The van der Waals surface area contributed by atoms with Crippen LogP contribution in [-0.2, 0) is 4.74 Å². The Kier molecular flexibility index (Phi) is 4.79. The van der Waals surface area contributed by atoms with Crippen LogP contribution in [0.5, 0.6) is 0 Å². The van der Waals surface area contributed by atoms with Crippen molar-refractivity contribution in [2.45, 2.75) is 13.8 Å². The number of hydrogen-bond donors (Lipinski definition) is 3. The van der Waals surface area contributed by atoms with Gasteiger partial charge in [0, 0.05) is 24.9 Å². The zero-order valence-electron chi connectivity index (χ0n) is 9.08. The highest BCUT2D eigenvalue weighted by Crippen LogP contribution is 2.11. The standard InChI is InChI=1S/C9H17N5O/c1-3-15-5-4-11-8-7(2)6-12-9(13-8)14-10/h6H,3-5,10H2,1-2H3,(H2,11,12,13,14). The quantitative estimate of drug-likeness (QED) is 0.361. The van der Waals surface area contributed by atoms with Gasteiger partial charge in [-0.05, 0) is 13.8 Å². The highest BCUT2D eigenvalue weighted by atomic mass is 16.5. The number of nitrogens with two attached hydrogens (primary N) is 1. The number of nitrogens with zero attached hydrogens (tertiary/aromatic N) is 2. The van der Waals surface area contributed by atoms with Crippen LogP contribution in [0, 0.1) is 6.92 Å². The van der Waals surface area contributed by atoms with Crippen molar-refractivity contribution in [3.05, 3.63) is 11.8 Å². The van der Waals surface area contributed by atoms with E-state index in [1.807, 2.05) is 13.8 Å². The maximum atomic E-state index is 5.22. The molecule has 6 nitrogen and oxygen atoms in total. The van der Waals surface area contributed by atoms with Gasteiger partial charge in [-0.15, -0.1) is 0 Å². The fourth-order valence-corrected chi connectivity index (χ4v) is 1.08. The summed E-state index contributed by atoms with van der Waals surface area (Å²) in [5.74, 6) is 6.40. The van der Waals surface area contributed by atoms with E-state index in [4.69, 9.17) is 10.6 Å². The van der Waals surface area contributed by atoms with Crippen LogP contribution in [0.25, 0.3) is 0 Å². The predicted molar refractivity (Wildman–Crippen MR) is 59.6 cm³/mol. The lowest BCUT2D eigenvalue weighted by atomic mass is 10.3. The second-order valence-electron chi connectivity index (χ2n) is 2.99. The molecule has 1 rings (SSSR count). The molecule has 1 aromatic rings. The molecule has 0 unspecified atom stereocenters. The van der Waals surface area contributed by atoms with Crippen molar-refractivity contribution < 1.29 is 4.74 Å². The van der Waals surface area contributed by atoms with E-state index in [1.54, 1.807) is 6.20 Å². The van der Waals surface area contributed by atoms with E-state index in [1.165, 1.54) is 0 Å². The molecule has 0 spiro atoms. The van der Waals surface area contributed by atoms with Crippen molar-refractivity contribution in [1.29, 1.82) is 0 Å². The van der Waals surface area contributed by atoms with Crippen molar-refractivity contribution in [3.8, 4) is 0 Å². The van der Waals surface area contributed by atoms with E-state index >= 15 is 0 Å². The van der Waals surface area contributed by atoms with E-state index in [0.717, 1.165) is 24.5 Å². The highest BCUT2D eigenvalue weighted by molar-refractivity contribution is 5.45. The summed E-state index contributed by atoms with van der Waals surface area (Å²) in [6, 6.07) is 0. The Morgan fingerprint density at radius 3 is 3.00 bits per heavy atom. The molecule has 0 aliphatic rings. The Bertz CT molecular complexity index is 305. The lowest BCUT2D eigenvalue weighted by molar-refractivity contribution is 0.158. The molecule has 6 heteroatoms. The summed E-state index contributed by atoms with van der Waals surface area (Å²) >= 11 is 0. The fraction of sp³-hybridized carbons (Fsp3) is 0.556. The van der Waals surface area contributed by atoms with Gasteiger partial charge in [-0.25, -0.2) is 10.8 Å². The number of rotatable bonds is 6. The number of hydrogen-bond acceptors (Lipinski definition) is 6. The lowest BCUT2D eigenvalue weighted by Crippen LogP contribution is -2.15. The van der Waals surface area contributed by atoms with Crippen molar-refractivity contribution in [2.75, 3.05) is 30.5 Å². The number of hydrazine groups is 1. The van der Waals surface area contributed by atoms with Crippen LogP contribution in [0.3, 0.4) is 0 Å². The van der Waals surface area contributed by atoms with E-state index < -0.39 is 0 Å². The Morgan fingerprint density at radius 1 is 1.53 bits per heavy atom. The zero-order chi connectivity index (χ0) is 11.1. The van der Waals surface area contributed by atoms with Gasteiger partial charge in [0.1, 0.15) is 5.82 Å². The van der Waals surface area contributed by atoms with Crippen LogP contribution in [0.1, 0.15) is 12.5 Å². The molecule has 0 aliphatic carbocycles. The molecule has 0 amide bonds. The van der Waals surface area contributed by atoms with Crippen LogP contribution < -0.4 is 16.6 Å². The minimum atomic E-state index is 0.402. The zero-order valence-corrected chi connectivity index (χ0v) is 9.08. The van der Waals surface area contributed by atoms with Crippen LogP contribution >= 0.6 is 0 Å². The van der Waals surface area contributed by atoms with E-state index in [0.29, 0.717) is 12.6 Å². The molecule has 0 aliphatic heterocycles. The first-order valence-electron chi connectivity index (χ1n) is 4.89. The molecule has 1 aromatic heterocycles. The Balaban J connectivity index is 2.51. The molecule has 84 valence electrons. The van der Waals surface area contributed by atoms with Gasteiger partial charge in [-0.3, -0.25) is 5.43 Å². The van der Waals surface area contributed by atoms with E-state index in [-0.39, 0.29) is 0 Å². The third-order valence-electron chi connectivity index (χ3n) is 1.84. The topological polar surface area (TPSA) is 85.1 Å². The Hall–Kier alpha value is -1.40. The molecule has 1 heterocycles. The summed E-state index contributed by atoms with van der Waals surface area (Å²) in [5.41, 5.74) is 3.38. The number of ether oxygens (including phenoxy) is 1. The third kappa shape index (κ3) is 3.69. The van der Waals surface area contributed by atoms with Gasteiger partial charge in [0.05, 0.1) is 6.61 Å². The first kappa shape index (κ1) is 11.7. The number of aryl methyl sites for hydroxylation is 1. The number of anilines is 2. The Morgan fingerprint density at radius 2 is 2.33 bits per heavy atom. The van der Waals surface area contributed by atoms with Gasteiger partial charge < -0.3 is 10.1 Å². The first-order valence-corrected chi connectivity index (χ1v) is 4.89. The third-order valence-corrected chi connectivity index (χ3v) is 1.84. The van der Waals surface area contributed by atoms with E-state index in [2.05, 4.69) is 20.7 Å². The summed E-state index contributed by atoms with van der Waals surface area (Å²) < 4.78 is 5.21. The molecular formula is C9H17N5O. The highest BCUT2D eigenvalue weighted by Gasteiger charge is 2.01. The van der Waals surface area contributed by atoms with Gasteiger partial charge in [0.15, 0.2) is 0 Å². The second kappa shape index (κ2) is 6.15. The molecule has 0 bridgehead atoms. The normalized spacial score (nSPS) is 10.1. The molecule has 4 N–H and O–H groups in total. The van der Waals surface area contributed by atoms with Crippen LogP contribution in [0.2, 0.25) is 0 Å². The Labute approximate surface area is 89.2 Å². The number of nitrogen functional groups attached to an aromatic ring is 1. The van der Waals surface area contributed by atoms with Crippen molar-refractivity contribution >= 4 is 11.8 Å². The average molecular weight is 211 g/mol. The SMILES string of the molecule is CCOCCNc1nc(NN)ncc1C. The maximum Gasteiger partial charge on any atom is 0.239 e. The monoisotopic (exact) mass is 211 g/mol. The summed E-state index contributed by atoms with van der Waals surface area (Å²) in [4.78, 5) is 8.16.